The molecule has 0 aliphatic heterocycles. The highest BCUT2D eigenvalue weighted by atomic mass is 15.2. The Hall–Kier alpha value is -5.92. The van der Waals surface area contributed by atoms with Gasteiger partial charge in [-0.05, 0) is 128 Å². The van der Waals surface area contributed by atoms with Crippen LogP contribution in [0.1, 0.15) is 42.0 Å². The topological polar surface area (TPSA) is 3.24 Å². The van der Waals surface area contributed by atoms with Crippen LogP contribution in [0.25, 0.3) is 40.0 Å². The summed E-state index contributed by atoms with van der Waals surface area (Å²) >= 11 is 0. The third-order valence-corrected chi connectivity index (χ3v) is 12.3. The number of allylic oxidation sites excluding steroid dienone is 11. The fraction of sp³-hybridized carbons (Fsp3) is 0.120. The second-order valence-electron chi connectivity index (χ2n) is 14.8. The summed E-state index contributed by atoms with van der Waals surface area (Å²) in [6.07, 6.45) is 20.5. The molecule has 5 aromatic carbocycles. The highest BCUT2D eigenvalue weighted by molar-refractivity contribution is 6.06. The summed E-state index contributed by atoms with van der Waals surface area (Å²) in [6.45, 7) is 6.36. The minimum absolute atomic E-state index is 0.309. The Bertz CT molecular complexity index is 2680. The molecule has 0 bridgehead atoms. The minimum atomic E-state index is -0.309. The molecule has 6 aliphatic carbocycles. The Balaban J connectivity index is 1.16. The summed E-state index contributed by atoms with van der Waals surface area (Å²) in [6, 6.07) is 41.1. The molecule has 11 rings (SSSR count). The average Bonchev–Trinajstić information content (AvgIpc) is 3.83. The van der Waals surface area contributed by atoms with Crippen LogP contribution in [-0.2, 0) is 5.41 Å². The number of anilines is 2. The molecule has 0 heterocycles. The van der Waals surface area contributed by atoms with Crippen molar-refractivity contribution in [3.05, 3.63) is 207 Å². The van der Waals surface area contributed by atoms with Crippen LogP contribution >= 0.6 is 0 Å². The number of fused-ring (bicyclic) bond motifs is 5. The lowest BCUT2D eigenvalue weighted by Crippen LogP contribution is -2.25. The molecule has 3 atom stereocenters. The number of hydrogen-bond donors (Lipinski definition) is 0. The molecule has 0 radical (unpaired) electrons. The van der Waals surface area contributed by atoms with E-state index in [9.17, 15) is 0 Å². The maximum absolute atomic E-state index is 4.05. The van der Waals surface area contributed by atoms with Crippen LogP contribution in [0.4, 0.5) is 11.4 Å². The third-order valence-electron chi connectivity index (χ3n) is 12.3. The number of rotatable bonds is 6. The van der Waals surface area contributed by atoms with Crippen LogP contribution in [0.15, 0.2) is 175 Å². The smallest absolute Gasteiger partial charge is 0.0734 e. The van der Waals surface area contributed by atoms with Gasteiger partial charge in [-0.1, -0.05) is 134 Å². The van der Waals surface area contributed by atoms with Gasteiger partial charge in [-0.25, -0.2) is 0 Å². The van der Waals surface area contributed by atoms with E-state index in [1.165, 1.54) is 101 Å². The van der Waals surface area contributed by atoms with E-state index in [0.29, 0.717) is 11.8 Å². The van der Waals surface area contributed by atoms with Crippen molar-refractivity contribution in [1.82, 2.24) is 0 Å². The fourth-order valence-corrected chi connectivity index (χ4v) is 10.1. The summed E-state index contributed by atoms with van der Waals surface area (Å²) in [5.41, 5.74) is 20.0. The molecule has 242 valence electrons. The predicted molar refractivity (Wildman–Crippen MR) is 213 cm³/mol. The van der Waals surface area contributed by atoms with Crippen molar-refractivity contribution in [2.45, 2.75) is 25.2 Å². The maximum Gasteiger partial charge on any atom is 0.0734 e. The Kier molecular flexibility index (Phi) is 5.97. The molecule has 0 saturated heterocycles. The molecule has 6 aliphatic rings. The van der Waals surface area contributed by atoms with Crippen LogP contribution in [0.5, 0.6) is 0 Å². The molecular formula is C50H37N. The van der Waals surface area contributed by atoms with Crippen LogP contribution in [0.2, 0.25) is 0 Å². The van der Waals surface area contributed by atoms with Gasteiger partial charge in [0.1, 0.15) is 0 Å². The standard InChI is InChI=1S/C50H37N/c1-3-4-23-45-31(2)38-19-11-20-40-41-21-12-22-42-44-30-37(25-27-46(44)50(45,47(38)40)48(41)42)51(36-17-6-5-7-18-36)49-39(26-24-35-29-43(35)49)34-16-10-15-32-13-8-9-14-33(32)28-34/h3-9,11-28,30,35,43H,1,10,29H2,2H3/b23-4-. The largest absolute Gasteiger partial charge is 0.313 e. The first-order valence-corrected chi connectivity index (χ1v) is 18.4. The van der Waals surface area contributed by atoms with E-state index in [-0.39, 0.29) is 5.41 Å². The van der Waals surface area contributed by atoms with Crippen LogP contribution in [-0.4, -0.2) is 0 Å². The van der Waals surface area contributed by atoms with E-state index >= 15 is 0 Å². The van der Waals surface area contributed by atoms with Gasteiger partial charge in [-0.3, -0.25) is 0 Å². The summed E-state index contributed by atoms with van der Waals surface area (Å²) in [7, 11) is 0. The first-order chi connectivity index (χ1) is 25.2. The first kappa shape index (κ1) is 28.9. The lowest BCUT2D eigenvalue weighted by Gasteiger charge is -2.33. The zero-order valence-corrected chi connectivity index (χ0v) is 28.7. The van der Waals surface area contributed by atoms with Gasteiger partial charge in [-0.15, -0.1) is 0 Å². The van der Waals surface area contributed by atoms with Crippen molar-refractivity contribution in [1.29, 1.82) is 0 Å². The fourth-order valence-electron chi connectivity index (χ4n) is 10.1. The maximum atomic E-state index is 4.05. The number of para-hydroxylation sites is 1. The number of hydrogen-bond acceptors (Lipinski definition) is 1. The van der Waals surface area contributed by atoms with Crippen molar-refractivity contribution in [3.63, 3.8) is 0 Å². The molecular weight excluding hydrogens is 615 g/mol. The zero-order valence-electron chi connectivity index (χ0n) is 28.7. The lowest BCUT2D eigenvalue weighted by atomic mass is 9.72. The van der Waals surface area contributed by atoms with Gasteiger partial charge in [0.05, 0.1) is 5.41 Å². The summed E-state index contributed by atoms with van der Waals surface area (Å²) in [4.78, 5) is 2.59. The van der Waals surface area contributed by atoms with Crippen molar-refractivity contribution >= 4 is 29.1 Å². The Morgan fingerprint density at radius 1 is 0.725 bits per heavy atom. The van der Waals surface area contributed by atoms with Gasteiger partial charge in [0.25, 0.3) is 0 Å². The molecule has 3 unspecified atom stereocenters. The average molecular weight is 652 g/mol. The zero-order chi connectivity index (χ0) is 33.8. The Labute approximate surface area is 299 Å². The van der Waals surface area contributed by atoms with E-state index in [2.05, 4.69) is 170 Å². The molecule has 1 spiro atoms. The highest BCUT2D eigenvalue weighted by Gasteiger charge is 2.57. The van der Waals surface area contributed by atoms with Crippen LogP contribution < -0.4 is 15.3 Å². The normalized spacial score (nSPS) is 22.3. The Morgan fingerprint density at radius 2 is 1.45 bits per heavy atom. The van der Waals surface area contributed by atoms with Crippen LogP contribution in [0, 0.1) is 11.8 Å². The molecule has 5 aromatic rings. The molecule has 0 aromatic heterocycles. The molecule has 1 nitrogen and oxygen atoms in total. The van der Waals surface area contributed by atoms with Gasteiger partial charge in [-0.2, -0.15) is 0 Å². The van der Waals surface area contributed by atoms with E-state index in [1.807, 2.05) is 6.08 Å². The molecule has 0 N–H and O–H groups in total. The van der Waals surface area contributed by atoms with E-state index < -0.39 is 0 Å². The molecule has 0 amide bonds. The quantitative estimate of drug-likeness (QED) is 0.165. The monoisotopic (exact) mass is 651 g/mol. The summed E-state index contributed by atoms with van der Waals surface area (Å²) < 4.78 is 0. The highest BCUT2D eigenvalue weighted by Crippen LogP contribution is 2.69. The molecule has 51 heavy (non-hydrogen) atoms. The molecule has 1 fully saturated rings. The van der Waals surface area contributed by atoms with Crippen molar-refractivity contribution < 1.29 is 0 Å². The van der Waals surface area contributed by atoms with Crippen molar-refractivity contribution in [2.75, 3.05) is 4.90 Å². The predicted octanol–water partition coefficient (Wildman–Crippen LogP) is 10.7. The molecule has 1 saturated carbocycles. The van der Waals surface area contributed by atoms with Gasteiger partial charge in [0, 0.05) is 28.6 Å². The molecule has 1 heteroatoms. The van der Waals surface area contributed by atoms with E-state index in [4.69, 9.17) is 0 Å². The van der Waals surface area contributed by atoms with Crippen molar-refractivity contribution in [2.24, 2.45) is 11.8 Å². The summed E-state index contributed by atoms with van der Waals surface area (Å²) in [5, 5.41) is 2.60. The third kappa shape index (κ3) is 3.81. The second-order valence-corrected chi connectivity index (χ2v) is 14.8. The SMILES string of the molecule is C=C/C=C\C1=C(C)c2cccc3c2C12c1ccc(N(C4=C(C5=CCC=c6ccccc6=C5)C=CC5CC45)c4ccccc4)cc1-c1cccc-3c12. The van der Waals surface area contributed by atoms with Crippen LogP contribution in [0.3, 0.4) is 0 Å². The lowest BCUT2D eigenvalue weighted by molar-refractivity contribution is 0.809. The number of benzene rings is 5. The number of nitrogens with zero attached hydrogens (tertiary/aromatic N) is 1. The minimum Gasteiger partial charge on any atom is -0.313 e. The van der Waals surface area contributed by atoms with Gasteiger partial charge in [0.2, 0.25) is 0 Å². The van der Waals surface area contributed by atoms with Crippen molar-refractivity contribution in [3.8, 4) is 22.3 Å². The van der Waals surface area contributed by atoms with Gasteiger partial charge in [0.15, 0.2) is 0 Å². The second kappa shape index (κ2) is 10.5. The summed E-state index contributed by atoms with van der Waals surface area (Å²) in [5.74, 6) is 1.08. The van der Waals surface area contributed by atoms with Gasteiger partial charge < -0.3 is 4.90 Å². The van der Waals surface area contributed by atoms with E-state index in [0.717, 1.165) is 6.42 Å². The Morgan fingerprint density at radius 3 is 2.25 bits per heavy atom. The van der Waals surface area contributed by atoms with Gasteiger partial charge >= 0.3 is 0 Å². The van der Waals surface area contributed by atoms with E-state index in [1.54, 1.807) is 0 Å². The first-order valence-electron chi connectivity index (χ1n) is 18.4.